The molecule has 5 N–H and O–H groups in total. The van der Waals surface area contributed by atoms with Gasteiger partial charge in [-0.15, -0.1) is 0 Å². The normalized spacial score (nSPS) is 30.8. The molecule has 12 heteroatoms. The van der Waals surface area contributed by atoms with Gasteiger partial charge >= 0.3 is 0 Å². The first-order chi connectivity index (χ1) is 20.2. The van der Waals surface area contributed by atoms with Crippen LogP contribution in [0, 0.1) is 29.6 Å². The van der Waals surface area contributed by atoms with E-state index >= 15 is 0 Å². The Hall–Kier alpha value is -3.08. The minimum absolute atomic E-state index is 0.0301. The number of benzene rings is 1. The lowest BCUT2D eigenvalue weighted by atomic mass is 9.81. The third-order valence-electron chi connectivity index (χ3n) is 9.81. The largest absolute Gasteiger partial charge is 0.381 e. The Bertz CT molecular complexity index is 1500. The summed E-state index contributed by atoms with van der Waals surface area (Å²) in [5.74, 6) is -1.40. The van der Waals surface area contributed by atoms with Crippen molar-refractivity contribution in [3.05, 3.63) is 46.1 Å². The van der Waals surface area contributed by atoms with E-state index in [-0.39, 0.29) is 47.9 Å². The molecule has 1 aromatic heterocycles. The van der Waals surface area contributed by atoms with Crippen LogP contribution in [0.5, 0.6) is 0 Å². The van der Waals surface area contributed by atoms with Gasteiger partial charge in [0.15, 0.2) is 6.10 Å². The van der Waals surface area contributed by atoms with Crippen LogP contribution in [0.3, 0.4) is 0 Å². The molecule has 7 rings (SSSR count). The van der Waals surface area contributed by atoms with Crippen LogP contribution in [-0.2, 0) is 14.4 Å². The Morgan fingerprint density at radius 3 is 2.62 bits per heavy atom. The van der Waals surface area contributed by atoms with E-state index in [9.17, 15) is 24.3 Å². The second kappa shape index (κ2) is 10.6. The van der Waals surface area contributed by atoms with E-state index in [1.807, 2.05) is 0 Å². The van der Waals surface area contributed by atoms with Crippen LogP contribution in [0.25, 0.3) is 10.9 Å². The van der Waals surface area contributed by atoms with Gasteiger partial charge in [0.05, 0.1) is 11.1 Å². The van der Waals surface area contributed by atoms with Gasteiger partial charge in [0.2, 0.25) is 11.8 Å². The topological polar surface area (TPSA) is 144 Å². The molecular weight excluding hydrogens is 581 g/mol. The fourth-order valence-electron chi connectivity index (χ4n) is 7.60. The molecule has 2 aliphatic heterocycles. The lowest BCUT2D eigenvalue weighted by Gasteiger charge is -2.32. The number of fused-ring (bicyclic) bond motifs is 6. The molecule has 5 aliphatic rings. The van der Waals surface area contributed by atoms with Crippen LogP contribution in [-0.4, -0.2) is 75.9 Å². The second-order valence-electron chi connectivity index (χ2n) is 12.5. The van der Waals surface area contributed by atoms with Gasteiger partial charge in [-0.2, -0.15) is 0 Å². The van der Waals surface area contributed by atoms with Crippen LogP contribution in [0.15, 0.2) is 30.4 Å². The highest BCUT2D eigenvalue weighted by molar-refractivity contribution is 6.38. The van der Waals surface area contributed by atoms with Crippen molar-refractivity contribution < 1.29 is 24.3 Å². The molecule has 42 heavy (non-hydrogen) atoms. The molecule has 4 amide bonds. The third kappa shape index (κ3) is 4.87. The van der Waals surface area contributed by atoms with E-state index in [0.29, 0.717) is 46.2 Å². The zero-order valence-electron chi connectivity index (χ0n) is 22.8. The highest BCUT2D eigenvalue weighted by Gasteiger charge is 2.58. The quantitative estimate of drug-likeness (QED) is 0.290. The monoisotopic (exact) mass is 613 g/mol. The Labute approximate surface area is 252 Å². The molecule has 8 atom stereocenters. The number of amides is 4. The predicted molar refractivity (Wildman–Crippen MR) is 156 cm³/mol. The minimum atomic E-state index is -1.52. The molecule has 0 spiro atoms. The minimum Gasteiger partial charge on any atom is -0.381 e. The molecular formula is C30H33Cl2N5O5. The molecule has 3 heterocycles. The van der Waals surface area contributed by atoms with Crippen molar-refractivity contribution in [1.29, 1.82) is 0 Å². The van der Waals surface area contributed by atoms with Gasteiger partial charge < -0.3 is 30.9 Å². The number of aliphatic hydroxyl groups is 1. The van der Waals surface area contributed by atoms with Crippen LogP contribution in [0.2, 0.25) is 10.0 Å². The molecule has 3 aliphatic carbocycles. The molecule has 2 saturated carbocycles. The van der Waals surface area contributed by atoms with E-state index in [1.54, 1.807) is 23.1 Å². The smallest absolute Gasteiger partial charge is 0.271 e. The average molecular weight is 615 g/mol. The number of halogens is 2. The van der Waals surface area contributed by atoms with Gasteiger partial charge in [0, 0.05) is 41.0 Å². The number of nitrogens with zero attached hydrogens (tertiary/aromatic N) is 1. The molecule has 10 nitrogen and oxygen atoms in total. The number of hydrogen-bond acceptors (Lipinski definition) is 5. The van der Waals surface area contributed by atoms with Crippen molar-refractivity contribution in [2.24, 2.45) is 29.6 Å². The van der Waals surface area contributed by atoms with E-state index in [0.717, 1.165) is 19.3 Å². The Morgan fingerprint density at radius 2 is 1.88 bits per heavy atom. The molecule has 0 radical (unpaired) electrons. The molecule has 2 saturated heterocycles. The summed E-state index contributed by atoms with van der Waals surface area (Å²) in [5, 5.41) is 21.1. The summed E-state index contributed by atoms with van der Waals surface area (Å²) in [6.45, 7) is 0.926. The summed E-state index contributed by atoms with van der Waals surface area (Å²) in [6, 6.07) is 3.24. The second-order valence-corrected chi connectivity index (χ2v) is 13.3. The van der Waals surface area contributed by atoms with Gasteiger partial charge in [0.25, 0.3) is 11.8 Å². The first kappa shape index (κ1) is 27.7. The standard InChI is InChI=1S/C30H33Cl2N5O5/c31-16-9-20(32)18-11-23(35-21(18)10-16)30(42)37-12-19-13-1-2-14(7-13)24(19)25(37)28(40)36-22(8-15-5-6-33-27(15)39)26(38)29(41)34-17-3-4-17/h1-2,9-11,13-15,17,19,22,24-26,35,38H,3-8,12H2,(H,33,39)(H,34,41)(H,36,40)/t13-,14+,15+,19-,22+,24+,25+,26?/m1/s1. The number of allylic oxidation sites excluding steroid dienone is 2. The van der Waals surface area contributed by atoms with Crippen molar-refractivity contribution in [1.82, 2.24) is 25.8 Å². The number of hydrogen-bond donors (Lipinski definition) is 5. The molecule has 1 aromatic carbocycles. The van der Waals surface area contributed by atoms with Crippen LogP contribution >= 0.6 is 23.2 Å². The summed E-state index contributed by atoms with van der Waals surface area (Å²) >= 11 is 12.6. The Balaban J connectivity index is 1.17. The maximum atomic E-state index is 14.2. The molecule has 1 unspecified atom stereocenters. The SMILES string of the molecule is O=C(NC1CC1)C(O)[C@H](C[C@@H]1CCNC1=O)NC(=O)[C@@H]1[C@@H]2[C@H](CN1C(=O)c1cc3c(Cl)cc(Cl)cc3[nH]1)[C@@H]1C=C[C@H]2C1. The fourth-order valence-corrected chi connectivity index (χ4v) is 8.15. The van der Waals surface area contributed by atoms with Crippen molar-refractivity contribution in [3.8, 4) is 0 Å². The Kier molecular flexibility index (Phi) is 6.98. The zero-order valence-corrected chi connectivity index (χ0v) is 24.3. The first-order valence-corrected chi connectivity index (χ1v) is 15.5. The summed E-state index contributed by atoms with van der Waals surface area (Å²) in [4.78, 5) is 58.2. The number of rotatable bonds is 8. The van der Waals surface area contributed by atoms with Gasteiger partial charge in [-0.05, 0) is 74.0 Å². The number of aromatic nitrogens is 1. The van der Waals surface area contributed by atoms with Crippen LogP contribution < -0.4 is 16.0 Å². The molecule has 2 bridgehead atoms. The van der Waals surface area contributed by atoms with Crippen LogP contribution in [0.4, 0.5) is 0 Å². The lowest BCUT2D eigenvalue weighted by Crippen LogP contribution is -2.57. The molecule has 222 valence electrons. The van der Waals surface area contributed by atoms with Gasteiger partial charge in [0.1, 0.15) is 11.7 Å². The number of aromatic amines is 1. The molecule has 2 aromatic rings. The summed E-state index contributed by atoms with van der Waals surface area (Å²) < 4.78 is 0. The first-order valence-electron chi connectivity index (χ1n) is 14.7. The van der Waals surface area contributed by atoms with E-state index in [2.05, 4.69) is 33.1 Å². The molecule has 4 fully saturated rings. The predicted octanol–water partition coefficient (Wildman–Crippen LogP) is 2.39. The van der Waals surface area contributed by atoms with Crippen molar-refractivity contribution in [2.45, 2.75) is 56.3 Å². The number of H-pyrrole nitrogens is 1. The number of aliphatic hydroxyl groups excluding tert-OH is 1. The average Bonchev–Trinajstić information content (AvgIpc) is 3.43. The van der Waals surface area contributed by atoms with E-state index in [4.69, 9.17) is 23.2 Å². The number of carbonyl (C=O) groups excluding carboxylic acids is 4. The summed E-state index contributed by atoms with van der Waals surface area (Å²) in [6.07, 6.45) is 6.13. The van der Waals surface area contributed by atoms with Gasteiger partial charge in [-0.3, -0.25) is 19.2 Å². The lowest BCUT2D eigenvalue weighted by molar-refractivity contribution is -0.135. The summed E-state index contributed by atoms with van der Waals surface area (Å²) in [5.41, 5.74) is 0.924. The maximum absolute atomic E-state index is 14.2. The van der Waals surface area contributed by atoms with Crippen molar-refractivity contribution in [3.63, 3.8) is 0 Å². The van der Waals surface area contributed by atoms with E-state index < -0.39 is 35.9 Å². The zero-order chi connectivity index (χ0) is 29.3. The van der Waals surface area contributed by atoms with Crippen molar-refractivity contribution >= 4 is 57.7 Å². The number of nitrogens with one attached hydrogen (secondary N) is 4. The summed E-state index contributed by atoms with van der Waals surface area (Å²) in [7, 11) is 0. The highest BCUT2D eigenvalue weighted by Crippen LogP contribution is 2.54. The number of carbonyl (C=O) groups is 4. The maximum Gasteiger partial charge on any atom is 0.271 e. The number of likely N-dealkylation sites (tertiary alicyclic amines) is 1. The van der Waals surface area contributed by atoms with Gasteiger partial charge in [-0.1, -0.05) is 35.4 Å². The van der Waals surface area contributed by atoms with Crippen molar-refractivity contribution in [2.75, 3.05) is 13.1 Å². The fraction of sp³-hybridized carbons (Fsp3) is 0.533. The van der Waals surface area contributed by atoms with E-state index in [1.165, 1.54) is 0 Å². The Morgan fingerprint density at radius 1 is 1.10 bits per heavy atom. The van der Waals surface area contributed by atoms with Crippen LogP contribution in [0.1, 0.15) is 42.6 Å². The van der Waals surface area contributed by atoms with Gasteiger partial charge in [-0.25, -0.2) is 0 Å². The highest BCUT2D eigenvalue weighted by atomic mass is 35.5. The third-order valence-corrected chi connectivity index (χ3v) is 10.3.